The van der Waals surface area contributed by atoms with Crippen molar-refractivity contribution in [1.29, 1.82) is 0 Å². The van der Waals surface area contributed by atoms with E-state index in [-0.39, 0.29) is 22.9 Å². The molecular weight excluding hydrogens is 303 g/mol. The second-order valence-electron chi connectivity index (χ2n) is 3.87. The molecule has 0 spiro atoms. The highest BCUT2D eigenvalue weighted by atomic mass is 35.5. The summed E-state index contributed by atoms with van der Waals surface area (Å²) in [4.78, 5) is -0.364. The molecule has 0 aliphatic carbocycles. The zero-order valence-electron chi connectivity index (χ0n) is 10.1. The molecule has 19 heavy (non-hydrogen) atoms. The maximum Gasteiger partial charge on any atom is 0.416 e. The van der Waals surface area contributed by atoms with Crippen LogP contribution in [0.25, 0.3) is 0 Å². The number of alkyl halides is 4. The number of halogens is 4. The van der Waals surface area contributed by atoms with Crippen molar-refractivity contribution in [3.05, 3.63) is 29.3 Å². The van der Waals surface area contributed by atoms with Crippen LogP contribution in [0.2, 0.25) is 0 Å². The molecule has 1 N–H and O–H groups in total. The Hall–Kier alpha value is -0.790. The summed E-state index contributed by atoms with van der Waals surface area (Å²) in [7, 11) is -3.95. The topological polar surface area (TPSA) is 46.2 Å². The molecule has 1 aromatic carbocycles. The molecule has 3 nitrogen and oxygen atoms in total. The van der Waals surface area contributed by atoms with Crippen LogP contribution in [-0.4, -0.2) is 20.8 Å². The second kappa shape index (κ2) is 6.11. The molecular formula is C11H13ClF3NO2S. The number of hydrogen-bond donors (Lipinski definition) is 1. The molecule has 0 atom stereocenters. The smallest absolute Gasteiger partial charge is 0.211 e. The van der Waals surface area contributed by atoms with Crippen LogP contribution in [0.5, 0.6) is 0 Å². The van der Waals surface area contributed by atoms with Crippen molar-refractivity contribution in [2.75, 3.05) is 12.4 Å². The van der Waals surface area contributed by atoms with Crippen LogP contribution in [0, 0.1) is 6.92 Å². The summed E-state index contributed by atoms with van der Waals surface area (Å²) in [6, 6.07) is 3.08. The highest BCUT2D eigenvalue weighted by Crippen LogP contribution is 2.34. The minimum Gasteiger partial charge on any atom is -0.211 e. The van der Waals surface area contributed by atoms with Crippen LogP contribution < -0.4 is 4.72 Å². The fourth-order valence-corrected chi connectivity index (χ4v) is 3.04. The van der Waals surface area contributed by atoms with Gasteiger partial charge in [0.05, 0.1) is 10.5 Å². The molecule has 0 aliphatic rings. The molecule has 0 aromatic heterocycles. The summed E-state index contributed by atoms with van der Waals surface area (Å²) in [5.74, 6) is 0.268. The highest BCUT2D eigenvalue weighted by Gasteiger charge is 2.34. The quantitative estimate of drug-likeness (QED) is 0.671. The van der Waals surface area contributed by atoms with Gasteiger partial charge in [-0.1, -0.05) is 6.07 Å². The molecule has 0 unspecified atom stereocenters. The van der Waals surface area contributed by atoms with Gasteiger partial charge < -0.3 is 0 Å². The predicted octanol–water partition coefficient (Wildman–Crippen LogP) is 2.92. The summed E-state index contributed by atoms with van der Waals surface area (Å²) < 4.78 is 64.1. The first-order valence-corrected chi connectivity index (χ1v) is 7.44. The SMILES string of the molecule is Cc1c(C(F)(F)F)cccc1S(=O)(=O)NCCCCl. The Morgan fingerprint density at radius 2 is 1.95 bits per heavy atom. The molecule has 0 heterocycles. The summed E-state index contributed by atoms with van der Waals surface area (Å²) in [6.07, 6.45) is -4.18. The van der Waals surface area contributed by atoms with Crippen LogP contribution >= 0.6 is 11.6 Å². The molecule has 1 rings (SSSR count). The van der Waals surface area contributed by atoms with E-state index in [0.29, 0.717) is 6.42 Å². The van der Waals surface area contributed by atoms with E-state index in [4.69, 9.17) is 11.6 Å². The zero-order chi connectivity index (χ0) is 14.7. The summed E-state index contributed by atoms with van der Waals surface area (Å²) in [6.45, 7) is 1.22. The predicted molar refractivity (Wildman–Crippen MR) is 66.7 cm³/mol. The van der Waals surface area contributed by atoms with Gasteiger partial charge in [-0.15, -0.1) is 11.6 Å². The third kappa shape index (κ3) is 4.09. The Morgan fingerprint density at radius 1 is 1.32 bits per heavy atom. The van der Waals surface area contributed by atoms with E-state index in [2.05, 4.69) is 4.72 Å². The van der Waals surface area contributed by atoms with Gasteiger partial charge in [-0.2, -0.15) is 13.2 Å². The van der Waals surface area contributed by atoms with Crippen molar-refractivity contribution in [2.24, 2.45) is 0 Å². The first-order chi connectivity index (χ1) is 8.70. The Labute approximate surface area is 114 Å². The van der Waals surface area contributed by atoms with Gasteiger partial charge in [0.1, 0.15) is 0 Å². The largest absolute Gasteiger partial charge is 0.416 e. The number of hydrogen-bond acceptors (Lipinski definition) is 2. The summed E-state index contributed by atoms with van der Waals surface area (Å²) in [5.41, 5.74) is -1.26. The van der Waals surface area contributed by atoms with Crippen molar-refractivity contribution < 1.29 is 21.6 Å². The first-order valence-electron chi connectivity index (χ1n) is 5.42. The normalized spacial score (nSPS) is 12.7. The lowest BCUT2D eigenvalue weighted by Gasteiger charge is -2.14. The first kappa shape index (κ1) is 16.3. The standard InChI is InChI=1S/C11H13ClF3NO2S/c1-8-9(11(13,14)15)4-2-5-10(8)19(17,18)16-7-3-6-12/h2,4-5,16H,3,6-7H2,1H3. The number of nitrogens with one attached hydrogen (secondary N) is 1. The van der Waals surface area contributed by atoms with Gasteiger partial charge >= 0.3 is 6.18 Å². The van der Waals surface area contributed by atoms with Gasteiger partial charge in [-0.05, 0) is 31.0 Å². The molecule has 0 fully saturated rings. The van der Waals surface area contributed by atoms with Crippen LogP contribution in [0.15, 0.2) is 23.1 Å². The molecule has 0 saturated carbocycles. The van der Waals surface area contributed by atoms with E-state index < -0.39 is 21.8 Å². The van der Waals surface area contributed by atoms with E-state index in [9.17, 15) is 21.6 Å². The van der Waals surface area contributed by atoms with Crippen LogP contribution in [0.3, 0.4) is 0 Å². The zero-order valence-corrected chi connectivity index (χ0v) is 11.7. The Balaban J connectivity index is 3.15. The van der Waals surface area contributed by atoms with E-state index in [0.717, 1.165) is 25.1 Å². The third-order valence-corrected chi connectivity index (χ3v) is 4.35. The molecule has 1 aromatic rings. The molecule has 0 bridgehead atoms. The molecule has 0 radical (unpaired) electrons. The minimum atomic E-state index is -4.58. The van der Waals surface area contributed by atoms with E-state index in [1.165, 1.54) is 0 Å². The van der Waals surface area contributed by atoms with Crippen molar-refractivity contribution in [3.8, 4) is 0 Å². The van der Waals surface area contributed by atoms with Gasteiger partial charge in [0, 0.05) is 12.4 Å². The molecule has 8 heteroatoms. The van der Waals surface area contributed by atoms with Gasteiger partial charge in [0.15, 0.2) is 0 Å². The maximum absolute atomic E-state index is 12.7. The number of benzene rings is 1. The van der Waals surface area contributed by atoms with Crippen LogP contribution in [0.1, 0.15) is 17.5 Å². The number of sulfonamides is 1. The number of rotatable bonds is 5. The van der Waals surface area contributed by atoms with E-state index in [1.54, 1.807) is 0 Å². The highest BCUT2D eigenvalue weighted by molar-refractivity contribution is 7.89. The minimum absolute atomic E-state index is 0.0848. The molecule has 0 amide bonds. The maximum atomic E-state index is 12.7. The van der Waals surface area contributed by atoms with Gasteiger partial charge in [-0.3, -0.25) is 0 Å². The fourth-order valence-electron chi connectivity index (χ4n) is 1.56. The van der Waals surface area contributed by atoms with E-state index >= 15 is 0 Å². The summed E-state index contributed by atoms with van der Waals surface area (Å²) in [5, 5.41) is 0. The molecule has 0 saturated heterocycles. The monoisotopic (exact) mass is 315 g/mol. The summed E-state index contributed by atoms with van der Waals surface area (Å²) >= 11 is 5.41. The van der Waals surface area contributed by atoms with Crippen LogP contribution in [-0.2, 0) is 16.2 Å². The Morgan fingerprint density at radius 3 is 2.47 bits per heavy atom. The second-order valence-corrected chi connectivity index (χ2v) is 5.98. The Bertz CT molecular complexity index is 543. The van der Waals surface area contributed by atoms with Crippen LogP contribution in [0.4, 0.5) is 13.2 Å². The van der Waals surface area contributed by atoms with Gasteiger partial charge in [0.25, 0.3) is 0 Å². The fraction of sp³-hybridized carbons (Fsp3) is 0.455. The average Bonchev–Trinajstić information content (AvgIpc) is 2.27. The lowest BCUT2D eigenvalue weighted by molar-refractivity contribution is -0.138. The molecule has 0 aliphatic heterocycles. The van der Waals surface area contributed by atoms with Crippen molar-refractivity contribution in [3.63, 3.8) is 0 Å². The lowest BCUT2D eigenvalue weighted by atomic mass is 10.1. The van der Waals surface area contributed by atoms with Crippen molar-refractivity contribution in [1.82, 2.24) is 4.72 Å². The van der Waals surface area contributed by atoms with Gasteiger partial charge in [-0.25, -0.2) is 13.1 Å². The van der Waals surface area contributed by atoms with E-state index in [1.807, 2.05) is 0 Å². The third-order valence-electron chi connectivity index (χ3n) is 2.48. The molecule has 108 valence electrons. The van der Waals surface area contributed by atoms with Gasteiger partial charge in [0.2, 0.25) is 10.0 Å². The lowest BCUT2D eigenvalue weighted by Crippen LogP contribution is -2.26. The van der Waals surface area contributed by atoms with Crippen molar-refractivity contribution >= 4 is 21.6 Å². The van der Waals surface area contributed by atoms with Crippen molar-refractivity contribution in [2.45, 2.75) is 24.4 Å². The Kier molecular flexibility index (Phi) is 5.23. The average molecular weight is 316 g/mol.